The van der Waals surface area contributed by atoms with Crippen molar-refractivity contribution in [1.82, 2.24) is 25.3 Å². The van der Waals surface area contributed by atoms with E-state index in [1.807, 2.05) is 17.9 Å². The van der Waals surface area contributed by atoms with E-state index >= 15 is 0 Å². The number of rotatable bonds is 4. The number of aromatic nitrogens is 2. The number of fused-ring (bicyclic) bond motifs is 3. The van der Waals surface area contributed by atoms with Crippen LogP contribution in [0.4, 0.5) is 10.5 Å². The molecule has 4 rings (SSSR count). The van der Waals surface area contributed by atoms with Gasteiger partial charge in [0, 0.05) is 42.8 Å². The molecule has 0 unspecified atom stereocenters. The molecule has 2 atom stereocenters. The SMILES string of the molecule is CCCNC(=O)Nc1ccc2[nH]nc(C(=O)N3C[C@@H]4C[C@H]3CN4C)c2c1.O=CO. The summed E-state index contributed by atoms with van der Waals surface area (Å²) in [6.07, 6.45) is 1.91. The highest BCUT2D eigenvalue weighted by Gasteiger charge is 2.44. The second-order valence-corrected chi connectivity index (χ2v) is 7.26. The van der Waals surface area contributed by atoms with Crippen molar-refractivity contribution in [3.05, 3.63) is 23.9 Å². The van der Waals surface area contributed by atoms with Gasteiger partial charge in [0.05, 0.1) is 5.52 Å². The fourth-order valence-corrected chi connectivity index (χ4v) is 3.92. The lowest BCUT2D eigenvalue weighted by atomic mass is 10.1. The van der Waals surface area contributed by atoms with Gasteiger partial charge in [-0.15, -0.1) is 0 Å². The van der Waals surface area contributed by atoms with Crippen LogP contribution in [0.3, 0.4) is 0 Å². The predicted molar refractivity (Wildman–Crippen MR) is 108 cm³/mol. The third-order valence-electron chi connectivity index (χ3n) is 5.33. The molecule has 1 aromatic carbocycles. The van der Waals surface area contributed by atoms with Crippen LogP contribution in [0.15, 0.2) is 18.2 Å². The van der Waals surface area contributed by atoms with E-state index in [-0.39, 0.29) is 24.5 Å². The number of hydrogen-bond donors (Lipinski definition) is 4. The van der Waals surface area contributed by atoms with Crippen LogP contribution in [-0.2, 0) is 4.79 Å². The fraction of sp³-hybridized carbons (Fsp3) is 0.474. The minimum atomic E-state index is -0.250. The summed E-state index contributed by atoms with van der Waals surface area (Å²) >= 11 is 0. The summed E-state index contributed by atoms with van der Waals surface area (Å²) in [5, 5.41) is 20.4. The van der Waals surface area contributed by atoms with Gasteiger partial charge >= 0.3 is 6.03 Å². The maximum Gasteiger partial charge on any atom is 0.319 e. The lowest BCUT2D eigenvalue weighted by Crippen LogP contribution is -2.47. The number of likely N-dealkylation sites (N-methyl/N-ethyl adjacent to an activating group) is 1. The van der Waals surface area contributed by atoms with Crippen molar-refractivity contribution in [1.29, 1.82) is 0 Å². The van der Waals surface area contributed by atoms with Gasteiger partial charge in [0.1, 0.15) is 0 Å². The number of urea groups is 1. The first-order valence-electron chi connectivity index (χ1n) is 9.60. The van der Waals surface area contributed by atoms with Gasteiger partial charge in [-0.2, -0.15) is 5.10 Å². The number of anilines is 1. The van der Waals surface area contributed by atoms with E-state index in [1.54, 1.807) is 12.1 Å². The first-order chi connectivity index (χ1) is 14.0. The molecule has 10 heteroatoms. The van der Waals surface area contributed by atoms with E-state index in [0.717, 1.165) is 36.8 Å². The van der Waals surface area contributed by atoms with Crippen LogP contribution in [-0.4, -0.2) is 82.3 Å². The molecule has 4 N–H and O–H groups in total. The number of H-pyrrole nitrogens is 1. The summed E-state index contributed by atoms with van der Waals surface area (Å²) in [5.41, 5.74) is 1.85. The zero-order valence-electron chi connectivity index (χ0n) is 16.5. The van der Waals surface area contributed by atoms with Crippen LogP contribution in [0.2, 0.25) is 0 Å². The van der Waals surface area contributed by atoms with Gasteiger partial charge in [-0.05, 0) is 38.1 Å². The first-order valence-corrected chi connectivity index (χ1v) is 9.60. The minimum absolute atomic E-state index is 0.0376. The van der Waals surface area contributed by atoms with Gasteiger partial charge in [0.2, 0.25) is 0 Å². The quantitative estimate of drug-likeness (QED) is 0.571. The van der Waals surface area contributed by atoms with Gasteiger partial charge < -0.3 is 20.6 Å². The molecule has 2 aromatic rings. The standard InChI is InChI=1S/C18H24N6O2.CH2O2/c1-3-6-19-18(26)20-11-4-5-15-14(7-11)16(22-21-15)17(25)24-10-12-8-13(24)9-23(12)2;2-1-3/h4-5,7,12-13H,3,6,8-10H2,1-2H3,(H,21,22)(H2,19,20,26);1H,(H,2,3)/t12-,13-;/m0./s1. The van der Waals surface area contributed by atoms with E-state index < -0.39 is 0 Å². The van der Waals surface area contributed by atoms with Crippen LogP contribution < -0.4 is 10.6 Å². The average molecular weight is 402 g/mol. The average Bonchev–Trinajstić information content (AvgIpc) is 3.39. The Morgan fingerprint density at radius 3 is 2.72 bits per heavy atom. The number of amides is 3. The molecule has 0 aliphatic carbocycles. The number of carboxylic acid groups (broad SMARTS) is 1. The molecule has 0 spiro atoms. The lowest BCUT2D eigenvalue weighted by molar-refractivity contribution is -0.122. The van der Waals surface area contributed by atoms with Crippen LogP contribution in [0.25, 0.3) is 10.9 Å². The van der Waals surface area contributed by atoms with Crippen molar-refractivity contribution >= 4 is 35.0 Å². The zero-order chi connectivity index (χ0) is 21.0. The van der Waals surface area contributed by atoms with Crippen LogP contribution in [0.5, 0.6) is 0 Å². The summed E-state index contributed by atoms with van der Waals surface area (Å²) in [6.45, 7) is 4.04. The molecule has 156 valence electrons. The summed E-state index contributed by atoms with van der Waals surface area (Å²) < 4.78 is 0. The van der Waals surface area contributed by atoms with Crippen LogP contribution >= 0.6 is 0 Å². The number of hydrogen-bond acceptors (Lipinski definition) is 5. The third kappa shape index (κ3) is 4.32. The van der Waals surface area contributed by atoms with Crippen molar-refractivity contribution in [3.63, 3.8) is 0 Å². The van der Waals surface area contributed by atoms with Crippen molar-refractivity contribution in [2.24, 2.45) is 0 Å². The van der Waals surface area contributed by atoms with Crippen molar-refractivity contribution < 1.29 is 19.5 Å². The van der Waals surface area contributed by atoms with Gasteiger partial charge in [0.15, 0.2) is 5.69 Å². The smallest absolute Gasteiger partial charge is 0.319 e. The molecule has 2 fully saturated rings. The third-order valence-corrected chi connectivity index (χ3v) is 5.33. The normalized spacial score (nSPS) is 20.3. The summed E-state index contributed by atoms with van der Waals surface area (Å²) in [4.78, 5) is 37.5. The van der Waals surface area contributed by atoms with E-state index in [1.165, 1.54) is 0 Å². The molecular formula is C19H26N6O4. The van der Waals surface area contributed by atoms with Crippen LogP contribution in [0, 0.1) is 0 Å². The molecule has 2 aliphatic rings. The highest BCUT2D eigenvalue weighted by Crippen LogP contribution is 2.31. The Labute approximate surface area is 168 Å². The first kappa shape index (κ1) is 20.6. The molecule has 2 saturated heterocycles. The van der Waals surface area contributed by atoms with Gasteiger partial charge in [-0.3, -0.25) is 19.6 Å². The number of carbonyl (C=O) groups excluding carboxylic acids is 2. The number of piperazine rings is 1. The molecule has 10 nitrogen and oxygen atoms in total. The van der Waals surface area contributed by atoms with Gasteiger partial charge in [0.25, 0.3) is 12.4 Å². The Kier molecular flexibility index (Phi) is 6.32. The Morgan fingerprint density at radius 1 is 1.34 bits per heavy atom. The number of carbonyl (C=O) groups is 3. The maximum atomic E-state index is 13.0. The summed E-state index contributed by atoms with van der Waals surface area (Å²) in [6, 6.07) is 5.91. The highest BCUT2D eigenvalue weighted by atomic mass is 16.3. The van der Waals surface area contributed by atoms with E-state index in [2.05, 4.69) is 32.8 Å². The molecule has 0 radical (unpaired) electrons. The van der Waals surface area contributed by atoms with Gasteiger partial charge in [-0.1, -0.05) is 6.92 Å². The second kappa shape index (κ2) is 8.91. The zero-order valence-corrected chi connectivity index (χ0v) is 16.5. The topological polar surface area (TPSA) is 131 Å². The van der Waals surface area contributed by atoms with Crippen molar-refractivity contribution in [2.45, 2.75) is 31.8 Å². The Balaban J connectivity index is 0.000000755. The van der Waals surface area contributed by atoms with E-state index in [9.17, 15) is 9.59 Å². The Morgan fingerprint density at radius 2 is 2.10 bits per heavy atom. The summed E-state index contributed by atoms with van der Waals surface area (Å²) in [7, 11) is 2.11. The largest absolute Gasteiger partial charge is 0.483 e. The minimum Gasteiger partial charge on any atom is -0.483 e. The molecule has 29 heavy (non-hydrogen) atoms. The predicted octanol–water partition coefficient (Wildman–Crippen LogP) is 1.32. The highest BCUT2D eigenvalue weighted by molar-refractivity contribution is 6.06. The lowest BCUT2D eigenvalue weighted by Gasteiger charge is -2.31. The number of nitrogens with zero attached hydrogens (tertiary/aromatic N) is 3. The second-order valence-electron chi connectivity index (χ2n) is 7.26. The Bertz CT molecular complexity index is 896. The number of benzene rings is 1. The van der Waals surface area contributed by atoms with E-state index in [4.69, 9.17) is 9.90 Å². The molecule has 1 aromatic heterocycles. The Hall–Kier alpha value is -3.14. The van der Waals surface area contributed by atoms with Crippen molar-refractivity contribution in [3.8, 4) is 0 Å². The monoisotopic (exact) mass is 402 g/mol. The molecule has 3 heterocycles. The number of nitrogens with one attached hydrogen (secondary N) is 3. The number of likely N-dealkylation sites (tertiary alicyclic amines) is 2. The molecule has 3 amide bonds. The fourth-order valence-electron chi connectivity index (χ4n) is 3.92. The molecule has 2 aliphatic heterocycles. The molecule has 0 saturated carbocycles. The van der Waals surface area contributed by atoms with Crippen LogP contribution in [0.1, 0.15) is 30.3 Å². The van der Waals surface area contributed by atoms with E-state index in [0.29, 0.717) is 24.0 Å². The van der Waals surface area contributed by atoms with Gasteiger partial charge in [-0.25, -0.2) is 4.79 Å². The molecular weight excluding hydrogens is 376 g/mol. The summed E-state index contributed by atoms with van der Waals surface area (Å²) in [5.74, 6) is -0.0376. The maximum absolute atomic E-state index is 13.0. The van der Waals surface area contributed by atoms with Crippen molar-refractivity contribution in [2.75, 3.05) is 32.0 Å². The number of aromatic amines is 1. The molecule has 2 bridgehead atoms.